The minimum absolute atomic E-state index is 0.574. The first kappa shape index (κ1) is 12.0. The van der Waals surface area contributed by atoms with Crippen LogP contribution in [0, 0.1) is 11.8 Å². The number of hydrogen-bond acceptors (Lipinski definition) is 2. The summed E-state index contributed by atoms with van der Waals surface area (Å²) in [5.41, 5.74) is 2.94. The average Bonchev–Trinajstić information content (AvgIpc) is 2.79. The second-order valence-corrected chi connectivity index (χ2v) is 6.83. The van der Waals surface area contributed by atoms with E-state index in [-0.39, 0.29) is 0 Å². The number of fused-ring (bicyclic) bond motifs is 2. The van der Waals surface area contributed by atoms with Crippen molar-refractivity contribution in [1.82, 2.24) is 15.1 Å². The molecule has 0 bridgehead atoms. The lowest BCUT2D eigenvalue weighted by Crippen LogP contribution is -2.52. The maximum absolute atomic E-state index is 4.46. The predicted molar refractivity (Wildman–Crippen MR) is 75.9 cm³/mol. The molecule has 3 aliphatic rings. The zero-order chi connectivity index (χ0) is 12.8. The van der Waals surface area contributed by atoms with Crippen molar-refractivity contribution in [2.24, 2.45) is 18.9 Å². The molecule has 19 heavy (non-hydrogen) atoms. The summed E-state index contributed by atoms with van der Waals surface area (Å²) < 4.78 is 2.08. The average molecular weight is 259 g/mol. The fourth-order valence-electron chi connectivity index (χ4n) is 4.69. The number of aryl methyl sites for hydroxylation is 1. The third-order valence-corrected chi connectivity index (χ3v) is 5.83. The van der Waals surface area contributed by atoms with E-state index in [0.29, 0.717) is 6.04 Å². The van der Waals surface area contributed by atoms with Crippen LogP contribution in [0.25, 0.3) is 0 Å². The Morgan fingerprint density at radius 1 is 1.21 bits per heavy atom. The number of rotatable bonds is 2. The van der Waals surface area contributed by atoms with Crippen molar-refractivity contribution in [2.45, 2.75) is 63.5 Å². The number of nitrogens with one attached hydrogen (secondary N) is 1. The van der Waals surface area contributed by atoms with E-state index in [9.17, 15) is 0 Å². The Labute approximate surface area is 115 Å². The Morgan fingerprint density at radius 2 is 2.11 bits per heavy atom. The molecule has 4 atom stereocenters. The molecule has 4 rings (SSSR count). The largest absolute Gasteiger partial charge is 0.307 e. The van der Waals surface area contributed by atoms with E-state index in [0.717, 1.165) is 17.9 Å². The molecule has 0 aliphatic heterocycles. The molecule has 0 radical (unpaired) electrons. The van der Waals surface area contributed by atoms with Crippen LogP contribution >= 0.6 is 0 Å². The maximum Gasteiger partial charge on any atom is 0.0540 e. The SMILES string of the molecule is Cn1ncc2c1CCCC2NC1C[C@@H]2CCCC[C@H]12. The van der Waals surface area contributed by atoms with Crippen LogP contribution < -0.4 is 5.32 Å². The lowest BCUT2D eigenvalue weighted by molar-refractivity contribution is 0.0508. The highest BCUT2D eigenvalue weighted by molar-refractivity contribution is 5.25. The fourth-order valence-corrected chi connectivity index (χ4v) is 4.69. The van der Waals surface area contributed by atoms with Crippen molar-refractivity contribution in [1.29, 1.82) is 0 Å². The Balaban J connectivity index is 1.46. The van der Waals surface area contributed by atoms with Crippen molar-refractivity contribution in [2.75, 3.05) is 0 Å². The molecular weight excluding hydrogens is 234 g/mol. The summed E-state index contributed by atoms with van der Waals surface area (Å²) in [5, 5.41) is 8.43. The van der Waals surface area contributed by atoms with Crippen LogP contribution in [0.15, 0.2) is 6.20 Å². The first-order valence-electron chi connectivity index (χ1n) is 8.10. The molecule has 1 aromatic rings. The zero-order valence-corrected chi connectivity index (χ0v) is 11.9. The van der Waals surface area contributed by atoms with Crippen LogP contribution in [0.2, 0.25) is 0 Å². The van der Waals surface area contributed by atoms with Crippen LogP contribution in [0.5, 0.6) is 0 Å². The first-order valence-corrected chi connectivity index (χ1v) is 8.10. The van der Waals surface area contributed by atoms with E-state index >= 15 is 0 Å². The monoisotopic (exact) mass is 259 g/mol. The first-order chi connectivity index (χ1) is 9.33. The molecule has 1 heterocycles. The van der Waals surface area contributed by atoms with Gasteiger partial charge in [-0.2, -0.15) is 5.10 Å². The van der Waals surface area contributed by atoms with E-state index in [1.165, 1.54) is 62.6 Å². The molecule has 2 unspecified atom stereocenters. The topological polar surface area (TPSA) is 29.9 Å². The van der Waals surface area contributed by atoms with Crippen molar-refractivity contribution < 1.29 is 0 Å². The Bertz CT molecular complexity index is 465. The lowest BCUT2D eigenvalue weighted by Gasteiger charge is -2.50. The normalized spacial score (nSPS) is 37.3. The zero-order valence-electron chi connectivity index (χ0n) is 11.9. The van der Waals surface area contributed by atoms with Gasteiger partial charge in [0.2, 0.25) is 0 Å². The van der Waals surface area contributed by atoms with Gasteiger partial charge in [0.05, 0.1) is 6.20 Å². The molecular formula is C16H25N3. The number of aromatic nitrogens is 2. The second-order valence-electron chi connectivity index (χ2n) is 6.83. The van der Waals surface area contributed by atoms with Gasteiger partial charge in [-0.1, -0.05) is 19.3 Å². The Hall–Kier alpha value is -0.830. The Morgan fingerprint density at radius 3 is 3.00 bits per heavy atom. The molecule has 2 fully saturated rings. The number of hydrogen-bond donors (Lipinski definition) is 1. The fraction of sp³-hybridized carbons (Fsp3) is 0.812. The molecule has 1 N–H and O–H groups in total. The predicted octanol–water partition coefficient (Wildman–Crippen LogP) is 2.97. The summed E-state index contributed by atoms with van der Waals surface area (Å²) in [6, 6.07) is 1.37. The molecule has 3 aliphatic carbocycles. The molecule has 0 spiro atoms. The van der Waals surface area contributed by atoms with Gasteiger partial charge in [0.25, 0.3) is 0 Å². The van der Waals surface area contributed by atoms with Crippen molar-refractivity contribution >= 4 is 0 Å². The van der Waals surface area contributed by atoms with E-state index in [2.05, 4.69) is 28.3 Å². The van der Waals surface area contributed by atoms with Gasteiger partial charge in [-0.25, -0.2) is 0 Å². The summed E-state index contributed by atoms with van der Waals surface area (Å²) in [5.74, 6) is 2.03. The molecule has 1 aromatic heterocycles. The highest BCUT2D eigenvalue weighted by atomic mass is 15.3. The Kier molecular flexibility index (Phi) is 2.91. The summed E-state index contributed by atoms with van der Waals surface area (Å²) in [4.78, 5) is 0. The van der Waals surface area contributed by atoms with Gasteiger partial charge in [0.1, 0.15) is 0 Å². The summed E-state index contributed by atoms with van der Waals surface area (Å²) in [6.07, 6.45) is 13.2. The van der Waals surface area contributed by atoms with Gasteiger partial charge in [0, 0.05) is 30.4 Å². The van der Waals surface area contributed by atoms with Gasteiger partial charge >= 0.3 is 0 Å². The van der Waals surface area contributed by atoms with E-state index < -0.39 is 0 Å². The van der Waals surface area contributed by atoms with Gasteiger partial charge in [0.15, 0.2) is 0 Å². The minimum atomic E-state index is 0.574. The highest BCUT2D eigenvalue weighted by Gasteiger charge is 2.43. The summed E-state index contributed by atoms with van der Waals surface area (Å²) in [6.45, 7) is 0. The third-order valence-electron chi connectivity index (χ3n) is 5.83. The molecule has 0 aromatic carbocycles. The summed E-state index contributed by atoms with van der Waals surface area (Å²) >= 11 is 0. The highest BCUT2D eigenvalue weighted by Crippen LogP contribution is 2.46. The second kappa shape index (κ2) is 4.62. The molecule has 3 nitrogen and oxygen atoms in total. The van der Waals surface area contributed by atoms with Crippen LogP contribution in [0.4, 0.5) is 0 Å². The van der Waals surface area contributed by atoms with E-state index in [4.69, 9.17) is 0 Å². The standard InChI is InChI=1S/C16H25N3/c1-19-16-8-4-7-14(13(16)10-17-19)18-15-9-11-5-2-3-6-12(11)15/h10-12,14-15,18H,2-9H2,1H3/t11-,12-,14?,15?/m0/s1. The van der Waals surface area contributed by atoms with Crippen molar-refractivity contribution in [3.63, 3.8) is 0 Å². The molecule has 104 valence electrons. The van der Waals surface area contributed by atoms with Crippen molar-refractivity contribution in [3.05, 3.63) is 17.5 Å². The third kappa shape index (κ3) is 1.94. The van der Waals surface area contributed by atoms with Crippen LogP contribution in [-0.4, -0.2) is 15.8 Å². The van der Waals surface area contributed by atoms with Gasteiger partial charge < -0.3 is 5.32 Å². The molecule has 3 heteroatoms. The van der Waals surface area contributed by atoms with E-state index in [1.54, 1.807) is 0 Å². The lowest BCUT2D eigenvalue weighted by atomic mass is 9.62. The quantitative estimate of drug-likeness (QED) is 0.885. The molecule has 2 saturated carbocycles. The minimum Gasteiger partial charge on any atom is -0.307 e. The van der Waals surface area contributed by atoms with Crippen LogP contribution in [0.1, 0.15) is 62.2 Å². The van der Waals surface area contributed by atoms with Crippen LogP contribution in [-0.2, 0) is 13.5 Å². The van der Waals surface area contributed by atoms with Gasteiger partial charge in [-0.3, -0.25) is 4.68 Å². The van der Waals surface area contributed by atoms with E-state index in [1.807, 2.05) is 0 Å². The maximum atomic E-state index is 4.46. The van der Waals surface area contributed by atoms with Crippen molar-refractivity contribution in [3.8, 4) is 0 Å². The number of nitrogens with zero attached hydrogens (tertiary/aromatic N) is 2. The summed E-state index contributed by atoms with van der Waals surface area (Å²) in [7, 11) is 2.09. The molecule has 0 amide bonds. The molecule has 0 saturated heterocycles. The van der Waals surface area contributed by atoms with Crippen LogP contribution in [0.3, 0.4) is 0 Å². The van der Waals surface area contributed by atoms with Gasteiger partial charge in [-0.05, 0) is 43.9 Å². The van der Waals surface area contributed by atoms with Gasteiger partial charge in [-0.15, -0.1) is 0 Å². The smallest absolute Gasteiger partial charge is 0.0540 e.